The molecule has 1 fully saturated rings. The van der Waals surface area contributed by atoms with Crippen molar-refractivity contribution in [2.75, 3.05) is 0 Å². The van der Waals surface area contributed by atoms with E-state index in [-0.39, 0.29) is 12.0 Å². The Morgan fingerprint density at radius 3 is 2.59 bits per heavy atom. The van der Waals surface area contributed by atoms with Gasteiger partial charge in [-0.1, -0.05) is 48.5 Å². The predicted octanol–water partition coefficient (Wildman–Crippen LogP) is 4.84. The van der Waals surface area contributed by atoms with Crippen LogP contribution in [0.25, 0.3) is 5.69 Å². The van der Waals surface area contributed by atoms with Crippen LogP contribution in [0.4, 0.5) is 0 Å². The summed E-state index contributed by atoms with van der Waals surface area (Å²) in [5.41, 5.74) is 4.94. The Balaban J connectivity index is 1.17. The highest BCUT2D eigenvalue weighted by Crippen LogP contribution is 2.42. The van der Waals surface area contributed by atoms with Gasteiger partial charge in [0.25, 0.3) is 0 Å². The van der Waals surface area contributed by atoms with Crippen LogP contribution >= 0.6 is 0 Å². The fourth-order valence-corrected chi connectivity index (χ4v) is 5.04. The number of hydrogen-bond donors (Lipinski definition) is 1. The highest BCUT2D eigenvalue weighted by atomic mass is 16.5. The van der Waals surface area contributed by atoms with E-state index in [0.717, 1.165) is 32.1 Å². The number of ether oxygens (including phenoxy) is 1. The minimum absolute atomic E-state index is 0.232. The molecule has 3 aromatic rings. The monoisotopic (exact) mass is 388 g/mol. The lowest BCUT2D eigenvalue weighted by Gasteiger charge is -2.32. The first kappa shape index (κ1) is 18.6. The van der Waals surface area contributed by atoms with Crippen molar-refractivity contribution in [1.82, 2.24) is 9.55 Å². The zero-order chi connectivity index (χ0) is 19.6. The zero-order valence-electron chi connectivity index (χ0n) is 16.7. The van der Waals surface area contributed by atoms with Gasteiger partial charge in [-0.15, -0.1) is 0 Å². The first-order valence-corrected chi connectivity index (χ1v) is 10.7. The number of fused-ring (bicyclic) bond motifs is 3. The van der Waals surface area contributed by atoms with Crippen LogP contribution in [0.2, 0.25) is 0 Å². The molecule has 0 radical (unpaired) electrons. The van der Waals surface area contributed by atoms with Gasteiger partial charge in [0.05, 0.1) is 36.5 Å². The van der Waals surface area contributed by atoms with Crippen LogP contribution < -0.4 is 0 Å². The van der Waals surface area contributed by atoms with Gasteiger partial charge in [0.15, 0.2) is 0 Å². The number of nitrogens with zero attached hydrogens (tertiary/aromatic N) is 2. The summed E-state index contributed by atoms with van der Waals surface area (Å²) in [5, 5.41) is 11.0. The molecule has 2 atom stereocenters. The molecule has 29 heavy (non-hydrogen) atoms. The highest BCUT2D eigenvalue weighted by molar-refractivity contribution is 5.53. The van der Waals surface area contributed by atoms with Gasteiger partial charge in [-0.25, -0.2) is 4.98 Å². The molecule has 150 valence electrons. The van der Waals surface area contributed by atoms with E-state index in [2.05, 4.69) is 58.1 Å². The van der Waals surface area contributed by atoms with Crippen molar-refractivity contribution >= 4 is 0 Å². The Bertz CT molecular complexity index is 944. The van der Waals surface area contributed by atoms with E-state index in [0.29, 0.717) is 18.6 Å². The third-order valence-corrected chi connectivity index (χ3v) is 6.66. The number of aliphatic hydroxyl groups is 1. The van der Waals surface area contributed by atoms with E-state index in [1.54, 1.807) is 0 Å². The second-order valence-corrected chi connectivity index (χ2v) is 8.44. The molecule has 1 aromatic heterocycles. The molecule has 1 aliphatic carbocycles. The lowest BCUT2D eigenvalue weighted by molar-refractivity contribution is -0.0150. The number of rotatable bonds is 6. The van der Waals surface area contributed by atoms with Crippen molar-refractivity contribution < 1.29 is 9.84 Å². The van der Waals surface area contributed by atoms with Crippen molar-refractivity contribution in [2.24, 2.45) is 5.92 Å². The topological polar surface area (TPSA) is 47.3 Å². The van der Waals surface area contributed by atoms with Crippen LogP contribution in [0.15, 0.2) is 67.1 Å². The van der Waals surface area contributed by atoms with Crippen molar-refractivity contribution in [3.8, 4) is 5.69 Å². The van der Waals surface area contributed by atoms with Gasteiger partial charge in [-0.2, -0.15) is 0 Å². The van der Waals surface area contributed by atoms with E-state index < -0.39 is 0 Å². The minimum Gasteiger partial charge on any atom is -0.393 e. The number of aromatic nitrogens is 2. The molecule has 1 saturated carbocycles. The van der Waals surface area contributed by atoms with Crippen molar-refractivity contribution in [2.45, 2.75) is 56.8 Å². The average Bonchev–Trinajstić information content (AvgIpc) is 3.36. The van der Waals surface area contributed by atoms with E-state index in [1.165, 1.54) is 22.5 Å². The molecule has 4 heteroatoms. The summed E-state index contributed by atoms with van der Waals surface area (Å²) in [5.74, 6) is 0.589. The molecular weight excluding hydrogens is 360 g/mol. The van der Waals surface area contributed by atoms with Crippen LogP contribution in [-0.4, -0.2) is 26.9 Å². The maximum absolute atomic E-state index is 11.0. The minimum atomic E-state index is -0.287. The molecular formula is C25H28N2O2. The van der Waals surface area contributed by atoms with Crippen LogP contribution in [0.5, 0.6) is 0 Å². The van der Waals surface area contributed by atoms with Crippen LogP contribution in [0, 0.1) is 5.92 Å². The van der Waals surface area contributed by atoms with Gasteiger partial charge in [-0.05, 0) is 55.2 Å². The predicted molar refractivity (Wildman–Crippen MR) is 113 cm³/mol. The molecule has 4 nitrogen and oxygen atoms in total. The standard InChI is InChI=1S/C25H28N2O2/c28-25(14-22-21-8-4-5-9-23(21)27-17-26-15-24(22)27)19-10-12-20(13-11-19)29-16-18-6-2-1-3-7-18/h1-9,15,17,19-20,22,25,28H,10-14,16H2. The Kier molecular flexibility index (Phi) is 5.21. The Morgan fingerprint density at radius 1 is 1.00 bits per heavy atom. The van der Waals surface area contributed by atoms with Gasteiger partial charge < -0.3 is 14.4 Å². The van der Waals surface area contributed by atoms with Crippen molar-refractivity contribution in [3.63, 3.8) is 0 Å². The fraction of sp³-hybridized carbons (Fsp3) is 0.400. The number of para-hydroxylation sites is 1. The molecule has 1 aliphatic heterocycles. The van der Waals surface area contributed by atoms with Crippen LogP contribution in [0.1, 0.15) is 54.8 Å². The van der Waals surface area contributed by atoms with Crippen LogP contribution in [-0.2, 0) is 11.3 Å². The summed E-state index contributed by atoms with van der Waals surface area (Å²) in [6.07, 6.45) is 8.77. The lowest BCUT2D eigenvalue weighted by Crippen LogP contribution is -2.30. The largest absolute Gasteiger partial charge is 0.393 e. The maximum atomic E-state index is 11.0. The van der Waals surface area contributed by atoms with E-state index in [9.17, 15) is 5.11 Å². The molecule has 2 heterocycles. The quantitative estimate of drug-likeness (QED) is 0.657. The molecule has 0 saturated heterocycles. The Morgan fingerprint density at radius 2 is 1.76 bits per heavy atom. The molecule has 2 aromatic carbocycles. The molecule has 2 unspecified atom stereocenters. The highest BCUT2D eigenvalue weighted by Gasteiger charge is 2.34. The van der Waals surface area contributed by atoms with Gasteiger partial charge in [0.1, 0.15) is 0 Å². The molecule has 1 N–H and O–H groups in total. The molecule has 2 aliphatic rings. The average molecular weight is 389 g/mol. The Hall–Kier alpha value is -2.43. The second kappa shape index (κ2) is 8.13. The first-order chi connectivity index (χ1) is 14.3. The normalized spacial score (nSPS) is 24.1. The van der Waals surface area contributed by atoms with Crippen molar-refractivity contribution in [3.05, 3.63) is 83.9 Å². The van der Waals surface area contributed by atoms with Crippen molar-refractivity contribution in [1.29, 1.82) is 0 Å². The summed E-state index contributed by atoms with van der Waals surface area (Å²) >= 11 is 0. The third kappa shape index (κ3) is 3.75. The second-order valence-electron chi connectivity index (χ2n) is 8.44. The van der Waals surface area contributed by atoms with Gasteiger partial charge in [-0.3, -0.25) is 0 Å². The van der Waals surface area contributed by atoms with Gasteiger partial charge >= 0.3 is 0 Å². The van der Waals surface area contributed by atoms with E-state index in [4.69, 9.17) is 4.74 Å². The smallest absolute Gasteiger partial charge is 0.0994 e. The Labute approximate surface area is 172 Å². The fourth-order valence-electron chi connectivity index (χ4n) is 5.04. The molecule has 0 bridgehead atoms. The van der Waals surface area contributed by atoms with Gasteiger partial charge in [0.2, 0.25) is 0 Å². The maximum Gasteiger partial charge on any atom is 0.0994 e. The number of aliphatic hydroxyl groups excluding tert-OH is 1. The molecule has 5 rings (SSSR count). The number of benzene rings is 2. The summed E-state index contributed by atoms with van der Waals surface area (Å²) < 4.78 is 8.29. The summed E-state index contributed by atoms with van der Waals surface area (Å²) in [4.78, 5) is 4.33. The summed E-state index contributed by atoms with van der Waals surface area (Å²) in [6.45, 7) is 0.682. The number of imidazole rings is 1. The molecule has 0 amide bonds. The molecule has 0 spiro atoms. The lowest BCUT2D eigenvalue weighted by atomic mass is 9.79. The summed E-state index contributed by atoms with van der Waals surface area (Å²) in [7, 11) is 0. The van der Waals surface area contributed by atoms with Gasteiger partial charge in [0, 0.05) is 12.1 Å². The SMILES string of the molecule is OC(CC1c2ccccc2-n2cncc21)C1CCC(OCc2ccccc2)CC1. The summed E-state index contributed by atoms with van der Waals surface area (Å²) in [6, 6.07) is 18.9. The third-order valence-electron chi connectivity index (χ3n) is 6.66. The van der Waals surface area contributed by atoms with Crippen LogP contribution in [0.3, 0.4) is 0 Å². The first-order valence-electron chi connectivity index (χ1n) is 10.7. The number of hydrogen-bond acceptors (Lipinski definition) is 3. The zero-order valence-corrected chi connectivity index (χ0v) is 16.7. The van der Waals surface area contributed by atoms with E-state index in [1.807, 2.05) is 18.6 Å². The van der Waals surface area contributed by atoms with E-state index >= 15 is 0 Å².